The average molecular weight is 502 g/mol. The molecule has 2 fully saturated rings. The number of hydrogen-bond acceptors (Lipinski definition) is 7. The molecule has 5 atom stereocenters. The maximum absolute atomic E-state index is 9.77. The van der Waals surface area contributed by atoms with Crippen LogP contribution in [0, 0.1) is 5.92 Å². The van der Waals surface area contributed by atoms with Crippen LogP contribution in [0.25, 0.3) is 0 Å². The summed E-state index contributed by atoms with van der Waals surface area (Å²) in [5, 5.41) is 32.5. The smallest absolute Gasteiger partial charge is 0.335 e. The van der Waals surface area contributed by atoms with Crippen LogP contribution in [0.2, 0.25) is 0 Å². The van der Waals surface area contributed by atoms with Crippen LogP contribution < -0.4 is 4.74 Å². The average Bonchev–Trinajstić information content (AvgIpc) is 3.41. The van der Waals surface area contributed by atoms with Gasteiger partial charge in [-0.25, -0.2) is 9.59 Å². The molecular weight excluding hydrogens is 466 g/mol. The van der Waals surface area contributed by atoms with Gasteiger partial charge in [0.2, 0.25) is 0 Å². The number of piperidine rings is 1. The molecule has 0 unspecified atom stereocenters. The highest BCUT2D eigenvalue weighted by Gasteiger charge is 2.53. The molecule has 1 aromatic heterocycles. The summed E-state index contributed by atoms with van der Waals surface area (Å²) >= 11 is 0. The van der Waals surface area contributed by atoms with Gasteiger partial charge in [-0.1, -0.05) is 18.9 Å². The Bertz CT molecular complexity index is 1040. The molecule has 1 aliphatic heterocycles. The number of rotatable bonds is 7. The lowest BCUT2D eigenvalue weighted by Gasteiger charge is -2.59. The van der Waals surface area contributed by atoms with E-state index >= 15 is 0 Å². The molecule has 196 valence electrons. The number of carboxylic acid groups (broad SMARTS) is 2. The SMILES string of the molecule is COc1ccc2c(c1)[C@@]13CCCC[C@H]1[C@H](C2)N(CCc1ccco1)CC3.O=C(O)[C@H](O)[C@@H](O)C(=O)O. The van der Waals surface area contributed by atoms with Crippen molar-refractivity contribution in [2.45, 2.75) is 68.6 Å². The number of furan rings is 1. The summed E-state index contributed by atoms with van der Waals surface area (Å²) in [6.07, 6.45) is 6.31. The lowest BCUT2D eigenvalue weighted by molar-refractivity contribution is -0.165. The van der Waals surface area contributed by atoms with E-state index in [4.69, 9.17) is 29.6 Å². The fourth-order valence-electron chi connectivity index (χ4n) is 6.45. The molecular formula is C27H35NO8. The number of carbonyl (C=O) groups is 2. The van der Waals surface area contributed by atoms with E-state index in [1.165, 1.54) is 45.1 Å². The fraction of sp³-hybridized carbons (Fsp3) is 0.556. The number of aliphatic carboxylic acids is 2. The van der Waals surface area contributed by atoms with Gasteiger partial charge in [-0.15, -0.1) is 0 Å². The second-order valence-electron chi connectivity index (χ2n) is 9.98. The number of aliphatic hydroxyl groups is 2. The zero-order chi connectivity index (χ0) is 25.9. The molecule has 9 nitrogen and oxygen atoms in total. The Morgan fingerprint density at radius 1 is 1.14 bits per heavy atom. The summed E-state index contributed by atoms with van der Waals surface area (Å²) in [4.78, 5) is 22.3. The molecule has 0 radical (unpaired) electrons. The second-order valence-corrected chi connectivity index (χ2v) is 9.98. The van der Waals surface area contributed by atoms with Crippen LogP contribution in [0.15, 0.2) is 41.0 Å². The van der Waals surface area contributed by atoms with Gasteiger partial charge in [0.05, 0.1) is 13.4 Å². The third-order valence-corrected chi connectivity index (χ3v) is 8.19. The molecule has 0 spiro atoms. The van der Waals surface area contributed by atoms with Crippen LogP contribution in [0.5, 0.6) is 5.75 Å². The Balaban J connectivity index is 0.000000261. The van der Waals surface area contributed by atoms with Crippen molar-refractivity contribution < 1.29 is 39.2 Å². The molecule has 4 N–H and O–H groups in total. The summed E-state index contributed by atoms with van der Waals surface area (Å²) in [6, 6.07) is 11.7. The highest BCUT2D eigenvalue weighted by Crippen LogP contribution is 2.56. The zero-order valence-electron chi connectivity index (χ0n) is 20.5. The number of hydrogen-bond donors (Lipinski definition) is 4. The third kappa shape index (κ3) is 5.14. The van der Waals surface area contributed by atoms with E-state index in [2.05, 4.69) is 29.2 Å². The summed E-state index contributed by atoms with van der Waals surface area (Å²) in [5.74, 6) is -0.585. The van der Waals surface area contributed by atoms with Gasteiger partial charge < -0.3 is 29.6 Å². The number of aliphatic hydroxyl groups excluding tert-OH is 2. The molecule has 1 saturated heterocycles. The summed E-state index contributed by atoms with van der Waals surface area (Å²) in [5.41, 5.74) is 3.58. The van der Waals surface area contributed by atoms with Gasteiger partial charge in [-0.3, -0.25) is 4.90 Å². The maximum Gasteiger partial charge on any atom is 0.335 e. The van der Waals surface area contributed by atoms with Crippen molar-refractivity contribution in [3.05, 3.63) is 53.5 Å². The number of fused-ring (bicyclic) bond motifs is 1. The van der Waals surface area contributed by atoms with Crippen molar-refractivity contribution in [1.82, 2.24) is 4.90 Å². The Hall–Kier alpha value is -2.88. The molecule has 1 aromatic carbocycles. The minimum absolute atomic E-state index is 0.395. The van der Waals surface area contributed by atoms with Crippen LogP contribution in [0.1, 0.15) is 49.0 Å². The first-order valence-electron chi connectivity index (χ1n) is 12.5. The van der Waals surface area contributed by atoms with Crippen LogP contribution in [-0.4, -0.2) is 75.7 Å². The number of carboxylic acids is 2. The van der Waals surface area contributed by atoms with E-state index in [9.17, 15) is 9.59 Å². The Kier molecular flexibility index (Phi) is 8.02. The van der Waals surface area contributed by atoms with Gasteiger partial charge in [-0.2, -0.15) is 0 Å². The Labute approximate surface area is 210 Å². The molecule has 2 heterocycles. The Morgan fingerprint density at radius 2 is 1.89 bits per heavy atom. The van der Waals surface area contributed by atoms with Crippen molar-refractivity contribution in [1.29, 1.82) is 0 Å². The molecule has 36 heavy (non-hydrogen) atoms. The number of methoxy groups -OCH3 is 1. The summed E-state index contributed by atoms with van der Waals surface area (Å²) in [6.45, 7) is 2.34. The second kappa shape index (κ2) is 11.0. The largest absolute Gasteiger partial charge is 0.497 e. The first kappa shape index (κ1) is 26.2. The summed E-state index contributed by atoms with van der Waals surface area (Å²) in [7, 11) is 1.79. The monoisotopic (exact) mass is 501 g/mol. The van der Waals surface area contributed by atoms with Crippen LogP contribution in [0.4, 0.5) is 0 Å². The van der Waals surface area contributed by atoms with Crippen molar-refractivity contribution in [3.8, 4) is 5.75 Å². The van der Waals surface area contributed by atoms with Gasteiger partial charge >= 0.3 is 11.9 Å². The standard InChI is InChI=1S/C23H29NO2.C4H6O6/c1-25-19-8-7-17-15-22-20-6-2-3-10-23(20,21(17)16-19)11-13-24(22)12-9-18-5-4-14-26-18;5-1(3(7)8)2(6)4(9)10/h4-5,7-8,14,16,20,22H,2-3,6,9-13,15H2,1H3;1-2,5-6H,(H,7,8)(H,9,10)/t20-,22-,23+;1-,2-/m01/s1. The van der Waals surface area contributed by atoms with Crippen LogP contribution in [-0.2, 0) is 27.8 Å². The molecule has 2 bridgehead atoms. The van der Waals surface area contributed by atoms with Crippen molar-refractivity contribution >= 4 is 11.9 Å². The normalized spacial score (nSPS) is 26.4. The molecule has 3 aliphatic rings. The minimum Gasteiger partial charge on any atom is -0.497 e. The van der Waals surface area contributed by atoms with E-state index in [1.54, 1.807) is 24.5 Å². The molecule has 2 aromatic rings. The summed E-state index contributed by atoms with van der Waals surface area (Å²) < 4.78 is 11.1. The van der Waals surface area contributed by atoms with Gasteiger partial charge in [0, 0.05) is 24.4 Å². The lowest BCUT2D eigenvalue weighted by atomic mass is 9.52. The van der Waals surface area contributed by atoms with Gasteiger partial charge in [0.1, 0.15) is 11.5 Å². The number of nitrogens with zero attached hydrogens (tertiary/aromatic N) is 1. The molecule has 0 amide bonds. The first-order chi connectivity index (χ1) is 17.3. The van der Waals surface area contributed by atoms with Gasteiger partial charge in [-0.05, 0) is 73.5 Å². The third-order valence-electron chi connectivity index (χ3n) is 8.19. The number of benzene rings is 1. The minimum atomic E-state index is -2.27. The fourth-order valence-corrected chi connectivity index (χ4v) is 6.45. The van der Waals surface area contributed by atoms with Crippen molar-refractivity contribution in [2.75, 3.05) is 20.2 Å². The van der Waals surface area contributed by atoms with Gasteiger partial charge in [0.15, 0.2) is 12.2 Å². The first-order valence-corrected chi connectivity index (χ1v) is 12.5. The van der Waals surface area contributed by atoms with E-state index in [1.807, 2.05) is 6.07 Å². The maximum atomic E-state index is 9.77. The lowest BCUT2D eigenvalue weighted by Crippen LogP contribution is -2.61. The molecule has 9 heteroatoms. The highest BCUT2D eigenvalue weighted by molar-refractivity contribution is 5.83. The zero-order valence-corrected chi connectivity index (χ0v) is 20.5. The predicted molar refractivity (Wildman–Crippen MR) is 130 cm³/mol. The van der Waals surface area contributed by atoms with E-state index in [0.29, 0.717) is 11.5 Å². The molecule has 1 saturated carbocycles. The molecule has 5 rings (SSSR count). The quantitative estimate of drug-likeness (QED) is 0.450. The number of ether oxygens (including phenoxy) is 1. The van der Waals surface area contributed by atoms with Crippen LogP contribution in [0.3, 0.4) is 0 Å². The van der Waals surface area contributed by atoms with E-state index in [0.717, 1.165) is 30.4 Å². The molecule has 2 aliphatic carbocycles. The Morgan fingerprint density at radius 3 is 2.53 bits per heavy atom. The predicted octanol–water partition coefficient (Wildman–Crippen LogP) is 2.47. The van der Waals surface area contributed by atoms with Crippen molar-refractivity contribution in [2.24, 2.45) is 5.92 Å². The number of likely N-dealkylation sites (tertiary alicyclic amines) is 1. The highest BCUT2D eigenvalue weighted by atomic mass is 16.5. The van der Waals surface area contributed by atoms with E-state index < -0.39 is 24.1 Å². The van der Waals surface area contributed by atoms with Gasteiger partial charge in [0.25, 0.3) is 0 Å². The topological polar surface area (TPSA) is 141 Å². The van der Waals surface area contributed by atoms with Crippen molar-refractivity contribution in [3.63, 3.8) is 0 Å². The van der Waals surface area contributed by atoms with E-state index in [-0.39, 0.29) is 0 Å². The van der Waals surface area contributed by atoms with Crippen LogP contribution >= 0.6 is 0 Å².